The SMILES string of the molecule is COc1ccc(NC(=O)NCC#CCOc2cccnc2)cc1. The van der Waals surface area contributed by atoms with E-state index in [1.54, 1.807) is 55.9 Å². The molecule has 118 valence electrons. The first-order valence-corrected chi connectivity index (χ1v) is 6.95. The van der Waals surface area contributed by atoms with Crippen LogP contribution >= 0.6 is 0 Å². The lowest BCUT2D eigenvalue weighted by atomic mass is 10.3. The molecule has 0 aliphatic heterocycles. The highest BCUT2D eigenvalue weighted by Crippen LogP contribution is 2.14. The second kappa shape index (κ2) is 8.95. The Morgan fingerprint density at radius 1 is 1.17 bits per heavy atom. The largest absolute Gasteiger partial charge is 0.497 e. The number of nitrogens with zero attached hydrogens (tertiary/aromatic N) is 1. The Morgan fingerprint density at radius 2 is 2.00 bits per heavy atom. The minimum Gasteiger partial charge on any atom is -0.497 e. The number of urea groups is 1. The van der Waals surface area contributed by atoms with E-state index < -0.39 is 0 Å². The summed E-state index contributed by atoms with van der Waals surface area (Å²) < 4.78 is 10.4. The van der Waals surface area contributed by atoms with Gasteiger partial charge in [-0.3, -0.25) is 4.98 Å². The molecule has 2 rings (SSSR count). The third-order valence-corrected chi connectivity index (χ3v) is 2.76. The molecule has 0 atom stereocenters. The number of nitrogens with one attached hydrogen (secondary N) is 2. The van der Waals surface area contributed by atoms with E-state index in [1.165, 1.54) is 0 Å². The molecule has 1 aromatic heterocycles. The predicted molar refractivity (Wildman–Crippen MR) is 87.5 cm³/mol. The summed E-state index contributed by atoms with van der Waals surface area (Å²) in [6, 6.07) is 10.3. The molecule has 0 fully saturated rings. The van der Waals surface area contributed by atoms with E-state index in [-0.39, 0.29) is 19.2 Å². The molecule has 0 aliphatic carbocycles. The second-order valence-electron chi connectivity index (χ2n) is 4.37. The molecular formula is C17H17N3O3. The summed E-state index contributed by atoms with van der Waals surface area (Å²) in [6.45, 7) is 0.478. The highest BCUT2D eigenvalue weighted by atomic mass is 16.5. The molecule has 2 amide bonds. The van der Waals surface area contributed by atoms with E-state index in [1.807, 2.05) is 0 Å². The maximum atomic E-state index is 11.7. The van der Waals surface area contributed by atoms with Gasteiger partial charge in [0.05, 0.1) is 19.9 Å². The van der Waals surface area contributed by atoms with Crippen molar-refractivity contribution in [1.29, 1.82) is 0 Å². The number of hydrogen-bond acceptors (Lipinski definition) is 4. The number of ether oxygens (including phenoxy) is 2. The van der Waals surface area contributed by atoms with Crippen LogP contribution in [0.3, 0.4) is 0 Å². The first kappa shape index (κ1) is 16.2. The average molecular weight is 311 g/mol. The molecule has 2 aromatic rings. The molecular weight excluding hydrogens is 294 g/mol. The zero-order valence-electron chi connectivity index (χ0n) is 12.7. The van der Waals surface area contributed by atoms with Crippen LogP contribution in [0, 0.1) is 11.8 Å². The fourth-order valence-electron chi connectivity index (χ4n) is 1.64. The molecule has 0 bridgehead atoms. The fourth-order valence-corrected chi connectivity index (χ4v) is 1.64. The third kappa shape index (κ3) is 5.98. The van der Waals surface area contributed by atoms with Crippen LogP contribution in [0.15, 0.2) is 48.8 Å². The van der Waals surface area contributed by atoms with Gasteiger partial charge in [0.1, 0.15) is 18.1 Å². The van der Waals surface area contributed by atoms with Crippen LogP contribution in [0.5, 0.6) is 11.5 Å². The molecule has 23 heavy (non-hydrogen) atoms. The highest BCUT2D eigenvalue weighted by Gasteiger charge is 1.99. The van der Waals surface area contributed by atoms with Gasteiger partial charge in [0.2, 0.25) is 0 Å². The van der Waals surface area contributed by atoms with Crippen molar-refractivity contribution in [2.45, 2.75) is 0 Å². The van der Waals surface area contributed by atoms with E-state index >= 15 is 0 Å². The number of aromatic nitrogens is 1. The minimum atomic E-state index is -0.322. The number of carbonyl (C=O) groups is 1. The maximum absolute atomic E-state index is 11.7. The summed E-state index contributed by atoms with van der Waals surface area (Å²) in [4.78, 5) is 15.6. The van der Waals surface area contributed by atoms with Crippen molar-refractivity contribution < 1.29 is 14.3 Å². The molecule has 0 aliphatic rings. The van der Waals surface area contributed by atoms with Crippen molar-refractivity contribution in [1.82, 2.24) is 10.3 Å². The van der Waals surface area contributed by atoms with Gasteiger partial charge in [0.15, 0.2) is 0 Å². The number of rotatable bonds is 5. The van der Waals surface area contributed by atoms with Crippen LogP contribution < -0.4 is 20.1 Å². The van der Waals surface area contributed by atoms with E-state index in [2.05, 4.69) is 27.5 Å². The zero-order valence-corrected chi connectivity index (χ0v) is 12.7. The van der Waals surface area contributed by atoms with Crippen molar-refractivity contribution in [3.63, 3.8) is 0 Å². The summed E-state index contributed by atoms with van der Waals surface area (Å²) >= 11 is 0. The quantitative estimate of drug-likeness (QED) is 0.831. The Kier molecular flexibility index (Phi) is 6.29. The fraction of sp³-hybridized carbons (Fsp3) is 0.176. The lowest BCUT2D eigenvalue weighted by Crippen LogP contribution is -2.28. The van der Waals surface area contributed by atoms with Crippen molar-refractivity contribution >= 4 is 11.7 Å². The monoisotopic (exact) mass is 311 g/mol. The van der Waals surface area contributed by atoms with Crippen LogP contribution in [-0.4, -0.2) is 31.3 Å². The molecule has 0 saturated heterocycles. The molecule has 0 spiro atoms. The van der Waals surface area contributed by atoms with Gasteiger partial charge < -0.3 is 20.1 Å². The van der Waals surface area contributed by atoms with Gasteiger partial charge in [0.25, 0.3) is 0 Å². The normalized spacial score (nSPS) is 9.26. The van der Waals surface area contributed by atoms with Crippen molar-refractivity contribution in [2.24, 2.45) is 0 Å². The van der Waals surface area contributed by atoms with E-state index in [0.717, 1.165) is 5.75 Å². The second-order valence-corrected chi connectivity index (χ2v) is 4.37. The lowest BCUT2D eigenvalue weighted by molar-refractivity contribution is 0.253. The number of pyridine rings is 1. The van der Waals surface area contributed by atoms with Crippen LogP contribution in [-0.2, 0) is 0 Å². The summed E-state index contributed by atoms with van der Waals surface area (Å²) in [5.41, 5.74) is 0.677. The van der Waals surface area contributed by atoms with Gasteiger partial charge in [-0.15, -0.1) is 0 Å². The molecule has 2 N–H and O–H groups in total. The Morgan fingerprint density at radius 3 is 2.70 bits per heavy atom. The number of anilines is 1. The predicted octanol–water partition coefficient (Wildman–Crippen LogP) is 2.29. The van der Waals surface area contributed by atoms with Gasteiger partial charge in [0, 0.05) is 11.9 Å². The third-order valence-electron chi connectivity index (χ3n) is 2.76. The maximum Gasteiger partial charge on any atom is 0.319 e. The van der Waals surface area contributed by atoms with Gasteiger partial charge in [-0.2, -0.15) is 0 Å². The van der Waals surface area contributed by atoms with Crippen molar-refractivity contribution in [2.75, 3.05) is 25.6 Å². The topological polar surface area (TPSA) is 72.5 Å². The molecule has 1 heterocycles. The molecule has 6 heteroatoms. The minimum absolute atomic E-state index is 0.235. The van der Waals surface area contributed by atoms with Gasteiger partial charge in [-0.1, -0.05) is 11.8 Å². The zero-order chi connectivity index (χ0) is 16.3. The van der Waals surface area contributed by atoms with Crippen LogP contribution in [0.25, 0.3) is 0 Å². The molecule has 1 aromatic carbocycles. The van der Waals surface area contributed by atoms with Gasteiger partial charge in [-0.05, 0) is 36.4 Å². The first-order valence-electron chi connectivity index (χ1n) is 6.95. The van der Waals surface area contributed by atoms with Crippen LogP contribution in [0.1, 0.15) is 0 Å². The van der Waals surface area contributed by atoms with Crippen molar-refractivity contribution in [3.05, 3.63) is 48.8 Å². The summed E-state index contributed by atoms with van der Waals surface area (Å²) in [5.74, 6) is 7.00. The van der Waals surface area contributed by atoms with E-state index in [4.69, 9.17) is 9.47 Å². The van der Waals surface area contributed by atoms with Gasteiger partial charge in [-0.25, -0.2) is 4.79 Å². The first-order chi connectivity index (χ1) is 11.3. The smallest absolute Gasteiger partial charge is 0.319 e. The van der Waals surface area contributed by atoms with Crippen LogP contribution in [0.2, 0.25) is 0 Å². The Bertz CT molecular complexity index is 676. The molecule has 0 saturated carbocycles. The van der Waals surface area contributed by atoms with E-state index in [0.29, 0.717) is 11.4 Å². The van der Waals surface area contributed by atoms with E-state index in [9.17, 15) is 4.79 Å². The molecule has 6 nitrogen and oxygen atoms in total. The van der Waals surface area contributed by atoms with Crippen molar-refractivity contribution in [3.8, 4) is 23.3 Å². The summed E-state index contributed by atoms with van der Waals surface area (Å²) in [6.07, 6.45) is 3.28. The molecule has 0 radical (unpaired) electrons. The summed E-state index contributed by atoms with van der Waals surface area (Å²) in [7, 11) is 1.59. The number of carbonyl (C=O) groups excluding carboxylic acids is 1. The standard InChI is InChI=1S/C17H17N3O3/c1-22-15-8-6-14(7-9-15)20-17(21)19-11-2-3-12-23-16-5-4-10-18-13-16/h4-10,13H,11-12H2,1H3,(H2,19,20,21). The van der Waals surface area contributed by atoms with Gasteiger partial charge >= 0.3 is 6.03 Å². The Hall–Kier alpha value is -3.20. The number of hydrogen-bond donors (Lipinski definition) is 2. The number of methoxy groups -OCH3 is 1. The molecule has 0 unspecified atom stereocenters. The Labute approximate surface area is 134 Å². The number of amides is 2. The summed E-state index contributed by atoms with van der Waals surface area (Å²) in [5, 5.41) is 5.33. The number of benzene rings is 1. The van der Waals surface area contributed by atoms with Crippen LogP contribution in [0.4, 0.5) is 10.5 Å². The average Bonchev–Trinajstić information content (AvgIpc) is 2.59. The lowest BCUT2D eigenvalue weighted by Gasteiger charge is -2.06. The highest BCUT2D eigenvalue weighted by molar-refractivity contribution is 5.89. The Balaban J connectivity index is 1.65.